The van der Waals surface area contributed by atoms with Gasteiger partial charge in [0.15, 0.2) is 0 Å². The first-order valence-corrected chi connectivity index (χ1v) is 11.0. The average Bonchev–Trinajstić information content (AvgIpc) is 2.77. The molecule has 0 atom stereocenters. The molecular formula is C23H26Cl2N2O3. The molecule has 0 spiro atoms. The molecular weight excluding hydrogens is 423 g/mol. The highest BCUT2D eigenvalue weighted by Crippen LogP contribution is 2.31. The summed E-state index contributed by atoms with van der Waals surface area (Å²) in [5.41, 5.74) is 1.25. The maximum Gasteiger partial charge on any atom is 0.226 e. The Kier molecular flexibility index (Phi) is 8.40. The third kappa shape index (κ3) is 6.38. The van der Waals surface area contributed by atoms with Gasteiger partial charge in [0.2, 0.25) is 11.8 Å². The highest BCUT2D eigenvalue weighted by molar-refractivity contribution is 6.42. The zero-order chi connectivity index (χ0) is 21.3. The fraction of sp³-hybridized carbons (Fsp3) is 0.391. The van der Waals surface area contributed by atoms with Gasteiger partial charge in [0.25, 0.3) is 0 Å². The molecule has 0 N–H and O–H groups in total. The summed E-state index contributed by atoms with van der Waals surface area (Å²) in [7, 11) is 0. The van der Waals surface area contributed by atoms with Crippen LogP contribution in [0.25, 0.3) is 0 Å². The van der Waals surface area contributed by atoms with Gasteiger partial charge in [-0.2, -0.15) is 0 Å². The predicted molar refractivity (Wildman–Crippen MR) is 119 cm³/mol. The quantitative estimate of drug-likeness (QED) is 0.598. The van der Waals surface area contributed by atoms with E-state index in [-0.39, 0.29) is 24.8 Å². The number of carbonyl (C=O) groups excluding carboxylic acids is 2. The van der Waals surface area contributed by atoms with Gasteiger partial charge in [-0.3, -0.25) is 9.59 Å². The van der Waals surface area contributed by atoms with Crippen LogP contribution in [0.15, 0.2) is 48.5 Å². The lowest BCUT2D eigenvalue weighted by Crippen LogP contribution is -2.50. The van der Waals surface area contributed by atoms with Gasteiger partial charge in [0, 0.05) is 32.6 Å². The Balaban J connectivity index is 1.34. The van der Waals surface area contributed by atoms with Crippen LogP contribution in [-0.4, -0.2) is 54.4 Å². The number of amides is 2. The van der Waals surface area contributed by atoms with E-state index in [9.17, 15) is 9.59 Å². The van der Waals surface area contributed by atoms with Crippen molar-refractivity contribution in [2.45, 2.75) is 25.7 Å². The molecule has 0 saturated carbocycles. The van der Waals surface area contributed by atoms with Crippen molar-refractivity contribution in [1.82, 2.24) is 9.80 Å². The minimum Gasteiger partial charge on any atom is -0.491 e. The van der Waals surface area contributed by atoms with Gasteiger partial charge in [-0.1, -0.05) is 59.6 Å². The number of halogens is 2. The van der Waals surface area contributed by atoms with E-state index in [1.165, 1.54) is 5.56 Å². The van der Waals surface area contributed by atoms with Crippen molar-refractivity contribution in [3.8, 4) is 5.75 Å². The molecule has 0 bridgehead atoms. The van der Waals surface area contributed by atoms with Gasteiger partial charge < -0.3 is 14.5 Å². The molecule has 1 saturated heterocycles. The number of hydrogen-bond donors (Lipinski definition) is 0. The number of benzene rings is 2. The maximum absolute atomic E-state index is 12.4. The Hall–Kier alpha value is -2.24. The molecule has 2 aromatic carbocycles. The van der Waals surface area contributed by atoms with Crippen molar-refractivity contribution >= 4 is 35.0 Å². The average molecular weight is 449 g/mol. The zero-order valence-corrected chi connectivity index (χ0v) is 18.4. The second-order valence-corrected chi connectivity index (χ2v) is 8.04. The lowest BCUT2D eigenvalue weighted by atomic mass is 10.1. The van der Waals surface area contributed by atoms with E-state index < -0.39 is 0 Å². The maximum atomic E-state index is 12.4. The first-order chi connectivity index (χ1) is 14.5. The van der Waals surface area contributed by atoms with E-state index in [4.69, 9.17) is 27.9 Å². The van der Waals surface area contributed by atoms with E-state index >= 15 is 0 Å². The summed E-state index contributed by atoms with van der Waals surface area (Å²) in [6, 6.07) is 15.3. The molecule has 1 aliphatic heterocycles. The number of hydrogen-bond acceptors (Lipinski definition) is 3. The van der Waals surface area contributed by atoms with Crippen LogP contribution in [0.2, 0.25) is 10.0 Å². The smallest absolute Gasteiger partial charge is 0.226 e. The summed E-state index contributed by atoms with van der Waals surface area (Å²) in [5, 5.41) is 0.774. The normalized spacial score (nSPS) is 13.9. The molecule has 2 amide bonds. The molecule has 0 unspecified atom stereocenters. The topological polar surface area (TPSA) is 49.9 Å². The molecule has 0 aromatic heterocycles. The molecule has 3 rings (SSSR count). The number of carbonyl (C=O) groups is 2. The Morgan fingerprint density at radius 1 is 0.833 bits per heavy atom. The monoisotopic (exact) mass is 448 g/mol. The third-order valence-corrected chi connectivity index (χ3v) is 5.98. The van der Waals surface area contributed by atoms with E-state index in [1.807, 2.05) is 23.1 Å². The van der Waals surface area contributed by atoms with Crippen molar-refractivity contribution in [1.29, 1.82) is 0 Å². The standard InChI is InChI=1S/C23H26Cl2N2O3/c24-19-9-5-10-20(23(19)25)30-17-12-22(29)27-15-13-26(14-16-27)21(28)11-4-8-18-6-2-1-3-7-18/h1-3,5-7,9-10H,4,8,11-17H2. The number of nitrogens with zero attached hydrogens (tertiary/aromatic N) is 2. The largest absolute Gasteiger partial charge is 0.491 e. The first-order valence-electron chi connectivity index (χ1n) is 10.2. The Labute approximate surface area is 187 Å². The van der Waals surface area contributed by atoms with E-state index in [0.717, 1.165) is 12.8 Å². The van der Waals surface area contributed by atoms with Gasteiger partial charge in [-0.05, 0) is 30.5 Å². The minimum absolute atomic E-state index is 0.0179. The van der Waals surface area contributed by atoms with Crippen LogP contribution in [0.4, 0.5) is 0 Å². The minimum atomic E-state index is 0.0179. The Morgan fingerprint density at radius 3 is 2.13 bits per heavy atom. The van der Waals surface area contributed by atoms with Gasteiger partial charge in [-0.15, -0.1) is 0 Å². The predicted octanol–water partition coefficient (Wildman–Crippen LogP) is 4.46. The highest BCUT2D eigenvalue weighted by atomic mass is 35.5. The molecule has 30 heavy (non-hydrogen) atoms. The summed E-state index contributed by atoms with van der Waals surface area (Å²) in [4.78, 5) is 28.5. The zero-order valence-electron chi connectivity index (χ0n) is 16.9. The molecule has 1 aliphatic rings. The van der Waals surface area contributed by atoms with Crippen molar-refractivity contribution < 1.29 is 14.3 Å². The van der Waals surface area contributed by atoms with Crippen molar-refractivity contribution in [3.63, 3.8) is 0 Å². The number of ether oxygens (including phenoxy) is 1. The molecule has 1 fully saturated rings. The molecule has 0 radical (unpaired) electrons. The summed E-state index contributed by atoms with van der Waals surface area (Å²) in [6.07, 6.45) is 2.54. The Morgan fingerprint density at radius 2 is 1.47 bits per heavy atom. The number of aryl methyl sites for hydroxylation is 1. The summed E-state index contributed by atoms with van der Waals surface area (Å²) in [5.74, 6) is 0.657. The first kappa shape index (κ1) is 22.4. The lowest BCUT2D eigenvalue weighted by Gasteiger charge is -2.35. The van der Waals surface area contributed by atoms with Crippen LogP contribution in [0.5, 0.6) is 5.75 Å². The molecule has 1 heterocycles. The SMILES string of the molecule is O=C(CCCc1ccccc1)N1CCN(C(=O)CCOc2cccc(Cl)c2Cl)CC1. The van der Waals surface area contributed by atoms with E-state index in [0.29, 0.717) is 48.4 Å². The molecule has 160 valence electrons. The molecule has 5 nitrogen and oxygen atoms in total. The van der Waals surface area contributed by atoms with Crippen molar-refractivity contribution in [2.24, 2.45) is 0 Å². The van der Waals surface area contributed by atoms with Crippen LogP contribution in [0.3, 0.4) is 0 Å². The van der Waals surface area contributed by atoms with Gasteiger partial charge in [0.1, 0.15) is 10.8 Å². The Bertz CT molecular complexity index is 853. The van der Waals surface area contributed by atoms with Gasteiger partial charge in [-0.25, -0.2) is 0 Å². The second kappa shape index (κ2) is 11.2. The molecule has 7 heteroatoms. The number of piperazine rings is 1. The number of rotatable bonds is 8. The summed E-state index contributed by atoms with van der Waals surface area (Å²) < 4.78 is 5.59. The van der Waals surface area contributed by atoms with Crippen LogP contribution in [0, 0.1) is 0 Å². The van der Waals surface area contributed by atoms with Gasteiger partial charge in [0.05, 0.1) is 18.1 Å². The van der Waals surface area contributed by atoms with Gasteiger partial charge >= 0.3 is 0 Å². The van der Waals surface area contributed by atoms with Crippen LogP contribution in [-0.2, 0) is 16.0 Å². The van der Waals surface area contributed by atoms with Crippen LogP contribution in [0.1, 0.15) is 24.8 Å². The van der Waals surface area contributed by atoms with E-state index in [2.05, 4.69) is 12.1 Å². The fourth-order valence-corrected chi connectivity index (χ4v) is 3.80. The summed E-state index contributed by atoms with van der Waals surface area (Å²) in [6.45, 7) is 2.51. The molecule has 2 aromatic rings. The van der Waals surface area contributed by atoms with E-state index in [1.54, 1.807) is 23.1 Å². The lowest BCUT2D eigenvalue weighted by molar-refractivity contribution is -0.139. The summed E-state index contributed by atoms with van der Waals surface area (Å²) >= 11 is 12.0. The van der Waals surface area contributed by atoms with Crippen LogP contribution < -0.4 is 4.74 Å². The third-order valence-electron chi connectivity index (χ3n) is 5.17. The fourth-order valence-electron chi connectivity index (χ4n) is 3.45. The highest BCUT2D eigenvalue weighted by Gasteiger charge is 2.23. The second-order valence-electron chi connectivity index (χ2n) is 7.25. The van der Waals surface area contributed by atoms with Crippen molar-refractivity contribution in [3.05, 3.63) is 64.1 Å². The molecule has 0 aliphatic carbocycles. The van der Waals surface area contributed by atoms with Crippen molar-refractivity contribution in [2.75, 3.05) is 32.8 Å². The van der Waals surface area contributed by atoms with Crippen LogP contribution >= 0.6 is 23.2 Å².